The Morgan fingerprint density at radius 1 is 1.04 bits per heavy atom. The molecule has 28 heavy (non-hydrogen) atoms. The second-order valence-electron chi connectivity index (χ2n) is 6.92. The summed E-state index contributed by atoms with van der Waals surface area (Å²) in [6.45, 7) is 5.99. The molecule has 0 radical (unpaired) electrons. The van der Waals surface area contributed by atoms with E-state index >= 15 is 0 Å². The van der Waals surface area contributed by atoms with Gasteiger partial charge in [-0.25, -0.2) is 13.8 Å². The fraction of sp³-hybridized carbons (Fsp3) is 0.286. The lowest BCUT2D eigenvalue weighted by Gasteiger charge is -2.35. The molecule has 0 atom stereocenters. The van der Waals surface area contributed by atoms with Gasteiger partial charge >= 0.3 is 0 Å². The van der Waals surface area contributed by atoms with Crippen LogP contribution >= 0.6 is 11.6 Å². The first-order valence-electron chi connectivity index (χ1n) is 9.13. The number of anilines is 1. The van der Waals surface area contributed by atoms with Crippen molar-refractivity contribution in [1.29, 1.82) is 0 Å². The number of nitrogens with zero attached hydrogens (tertiary/aromatic N) is 3. The number of hydrogen-bond donors (Lipinski definition) is 0. The summed E-state index contributed by atoms with van der Waals surface area (Å²) >= 11 is 6.09. The predicted octanol–water partition coefficient (Wildman–Crippen LogP) is 4.90. The number of oxazole rings is 1. The van der Waals surface area contributed by atoms with E-state index in [0.29, 0.717) is 17.9 Å². The Morgan fingerprint density at radius 2 is 1.75 bits per heavy atom. The van der Waals surface area contributed by atoms with Crippen LogP contribution in [0.2, 0.25) is 5.02 Å². The number of aryl methyl sites for hydroxylation is 1. The Bertz CT molecular complexity index is 963. The van der Waals surface area contributed by atoms with E-state index in [4.69, 9.17) is 16.0 Å². The van der Waals surface area contributed by atoms with Crippen LogP contribution in [0.4, 0.5) is 14.5 Å². The molecule has 1 aliphatic heterocycles. The third-order valence-corrected chi connectivity index (χ3v) is 5.16. The summed E-state index contributed by atoms with van der Waals surface area (Å²) in [7, 11) is 0. The number of rotatable bonds is 4. The van der Waals surface area contributed by atoms with Gasteiger partial charge in [0.15, 0.2) is 0 Å². The Balaban J connectivity index is 1.42. The van der Waals surface area contributed by atoms with E-state index in [-0.39, 0.29) is 5.89 Å². The smallest absolute Gasteiger partial charge is 0.226 e. The van der Waals surface area contributed by atoms with Crippen LogP contribution in [0.15, 0.2) is 46.9 Å². The summed E-state index contributed by atoms with van der Waals surface area (Å²) in [4.78, 5) is 9.07. The summed E-state index contributed by atoms with van der Waals surface area (Å²) in [5, 5.41) is 0.736. The molecule has 3 aromatic rings. The molecular weight excluding hydrogens is 384 g/mol. The third kappa shape index (κ3) is 4.18. The van der Waals surface area contributed by atoms with Gasteiger partial charge in [0.05, 0.1) is 5.69 Å². The van der Waals surface area contributed by atoms with Crippen molar-refractivity contribution in [2.45, 2.75) is 13.5 Å². The minimum atomic E-state index is -0.649. The maximum absolute atomic E-state index is 13.5. The maximum Gasteiger partial charge on any atom is 0.226 e. The van der Waals surface area contributed by atoms with E-state index < -0.39 is 11.6 Å². The monoisotopic (exact) mass is 403 g/mol. The topological polar surface area (TPSA) is 32.5 Å². The van der Waals surface area contributed by atoms with E-state index in [9.17, 15) is 8.78 Å². The zero-order valence-electron chi connectivity index (χ0n) is 15.5. The van der Waals surface area contributed by atoms with Gasteiger partial charge in [0, 0.05) is 55.1 Å². The highest BCUT2D eigenvalue weighted by Gasteiger charge is 2.21. The molecular formula is C21H20ClF2N3O. The maximum atomic E-state index is 13.5. The first-order valence-corrected chi connectivity index (χ1v) is 9.51. The van der Waals surface area contributed by atoms with E-state index in [1.54, 1.807) is 0 Å². The minimum Gasteiger partial charge on any atom is -0.441 e. The van der Waals surface area contributed by atoms with Crippen LogP contribution in [-0.4, -0.2) is 36.1 Å². The van der Waals surface area contributed by atoms with Crippen LogP contribution in [0.1, 0.15) is 11.5 Å². The Hall–Kier alpha value is -2.44. The lowest BCUT2D eigenvalue weighted by Crippen LogP contribution is -2.46. The average molecular weight is 404 g/mol. The summed E-state index contributed by atoms with van der Waals surface area (Å²) in [5.41, 5.74) is 2.22. The summed E-state index contributed by atoms with van der Waals surface area (Å²) in [6.07, 6.45) is 0. The fourth-order valence-corrected chi connectivity index (χ4v) is 3.61. The quantitative estimate of drug-likeness (QED) is 0.620. The third-order valence-electron chi connectivity index (χ3n) is 4.92. The van der Waals surface area contributed by atoms with Crippen LogP contribution in [0.3, 0.4) is 0 Å². The molecule has 4 nitrogen and oxygen atoms in total. The van der Waals surface area contributed by atoms with E-state index in [1.165, 1.54) is 12.1 Å². The lowest BCUT2D eigenvalue weighted by atomic mass is 10.2. The van der Waals surface area contributed by atoms with Crippen LogP contribution in [0, 0.1) is 18.6 Å². The Morgan fingerprint density at radius 3 is 2.43 bits per heavy atom. The highest BCUT2D eigenvalue weighted by atomic mass is 35.5. The van der Waals surface area contributed by atoms with Gasteiger partial charge in [-0.3, -0.25) is 4.90 Å². The highest BCUT2D eigenvalue weighted by Crippen LogP contribution is 2.25. The second kappa shape index (κ2) is 7.89. The molecule has 2 aromatic carbocycles. The molecule has 1 saturated heterocycles. The molecule has 4 rings (SSSR count). The van der Waals surface area contributed by atoms with Crippen molar-refractivity contribution < 1.29 is 13.2 Å². The molecule has 7 heteroatoms. The van der Waals surface area contributed by atoms with Crippen LogP contribution in [0.25, 0.3) is 11.5 Å². The van der Waals surface area contributed by atoms with Gasteiger partial charge in [-0.2, -0.15) is 0 Å². The SMILES string of the molecule is Cc1oc(-c2cc(F)cc(F)c2)nc1CN1CCN(c2cccc(Cl)c2)CC1. The molecule has 2 heterocycles. The van der Waals surface area contributed by atoms with Gasteiger partial charge in [-0.1, -0.05) is 17.7 Å². The Labute approximate surface area is 167 Å². The van der Waals surface area contributed by atoms with Crippen molar-refractivity contribution in [2.24, 2.45) is 0 Å². The van der Waals surface area contributed by atoms with Crippen molar-refractivity contribution in [3.63, 3.8) is 0 Å². The number of halogens is 3. The highest BCUT2D eigenvalue weighted by molar-refractivity contribution is 6.30. The molecule has 0 bridgehead atoms. The molecule has 1 fully saturated rings. The standard InChI is InChI=1S/C21H20ClF2N3O/c1-14-20(25-21(28-14)15-9-17(23)12-18(24)10-15)13-26-5-7-27(8-6-26)19-4-2-3-16(22)11-19/h2-4,9-12H,5-8,13H2,1H3. The van der Waals surface area contributed by atoms with Crippen molar-refractivity contribution in [3.8, 4) is 11.5 Å². The molecule has 0 aliphatic carbocycles. The number of benzene rings is 2. The normalized spacial score (nSPS) is 15.2. The fourth-order valence-electron chi connectivity index (χ4n) is 3.42. The summed E-state index contributed by atoms with van der Waals surface area (Å²) in [5.74, 6) is -0.394. The second-order valence-corrected chi connectivity index (χ2v) is 7.36. The van der Waals surface area contributed by atoms with E-state index in [0.717, 1.165) is 48.6 Å². The zero-order chi connectivity index (χ0) is 19.7. The average Bonchev–Trinajstić information content (AvgIpc) is 3.02. The van der Waals surface area contributed by atoms with E-state index in [2.05, 4.69) is 20.9 Å². The molecule has 1 aromatic heterocycles. The predicted molar refractivity (Wildman–Crippen MR) is 106 cm³/mol. The van der Waals surface area contributed by atoms with Gasteiger partial charge in [-0.05, 0) is 37.3 Å². The molecule has 0 amide bonds. The van der Waals surface area contributed by atoms with Gasteiger partial charge in [-0.15, -0.1) is 0 Å². The van der Waals surface area contributed by atoms with Crippen molar-refractivity contribution >= 4 is 17.3 Å². The summed E-state index contributed by atoms with van der Waals surface area (Å²) < 4.78 is 32.6. The van der Waals surface area contributed by atoms with Gasteiger partial charge in [0.1, 0.15) is 17.4 Å². The molecule has 0 unspecified atom stereocenters. The zero-order valence-corrected chi connectivity index (χ0v) is 16.2. The molecule has 0 N–H and O–H groups in total. The Kier molecular flexibility index (Phi) is 5.33. The van der Waals surface area contributed by atoms with Gasteiger partial charge < -0.3 is 9.32 Å². The van der Waals surface area contributed by atoms with Crippen LogP contribution in [-0.2, 0) is 6.54 Å². The number of piperazine rings is 1. The van der Waals surface area contributed by atoms with Gasteiger partial charge in [0.25, 0.3) is 0 Å². The van der Waals surface area contributed by atoms with Crippen molar-refractivity contribution in [2.75, 3.05) is 31.1 Å². The van der Waals surface area contributed by atoms with Crippen molar-refractivity contribution in [3.05, 3.63) is 70.6 Å². The first-order chi connectivity index (χ1) is 13.5. The van der Waals surface area contributed by atoms with Crippen molar-refractivity contribution in [1.82, 2.24) is 9.88 Å². The van der Waals surface area contributed by atoms with Crippen LogP contribution < -0.4 is 4.90 Å². The molecule has 146 valence electrons. The lowest BCUT2D eigenvalue weighted by molar-refractivity contribution is 0.246. The summed E-state index contributed by atoms with van der Waals surface area (Å²) in [6, 6.07) is 11.1. The first kappa shape index (κ1) is 18.9. The minimum absolute atomic E-state index is 0.239. The number of hydrogen-bond acceptors (Lipinski definition) is 4. The number of aromatic nitrogens is 1. The largest absolute Gasteiger partial charge is 0.441 e. The van der Waals surface area contributed by atoms with Crippen LogP contribution in [0.5, 0.6) is 0 Å². The molecule has 1 aliphatic rings. The van der Waals surface area contributed by atoms with Gasteiger partial charge in [0.2, 0.25) is 5.89 Å². The molecule has 0 saturated carbocycles. The van der Waals surface area contributed by atoms with E-state index in [1.807, 2.05) is 25.1 Å². The molecule has 0 spiro atoms.